The summed E-state index contributed by atoms with van der Waals surface area (Å²) in [4.78, 5) is 19.2. The van der Waals surface area contributed by atoms with Crippen LogP contribution in [0.2, 0.25) is 0 Å². The molecule has 5 rings (SSSR count). The second-order valence-corrected chi connectivity index (χ2v) is 7.29. The minimum atomic E-state index is -0.140. The van der Waals surface area contributed by atoms with E-state index in [9.17, 15) is 4.79 Å². The first-order chi connectivity index (χ1) is 12.8. The monoisotopic (exact) mass is 364 g/mol. The van der Waals surface area contributed by atoms with E-state index in [1.54, 1.807) is 0 Å². The molecule has 1 unspecified atom stereocenters. The highest BCUT2D eigenvalue weighted by Crippen LogP contribution is 2.32. The Morgan fingerprint density at radius 1 is 1.15 bits per heavy atom. The van der Waals surface area contributed by atoms with Crippen molar-refractivity contribution in [2.45, 2.75) is 18.9 Å². The molecule has 3 aromatic heterocycles. The molecule has 1 saturated heterocycles. The molecule has 7 nitrogen and oxygen atoms in total. The number of carbonyl (C=O) groups excluding carboxylic acids is 1. The number of likely N-dealkylation sites (tertiary alicyclic amines) is 1. The van der Waals surface area contributed by atoms with Crippen molar-refractivity contribution in [2.75, 3.05) is 11.9 Å². The number of amides is 2. The molecular formula is C18H16N6OS. The SMILES string of the molecule is O=C(Nc1nc2ccccc2s1)N1CCCC1c1nnc2ccccn12. The van der Waals surface area contributed by atoms with E-state index in [0.717, 1.165) is 34.5 Å². The van der Waals surface area contributed by atoms with Crippen LogP contribution in [0.4, 0.5) is 9.93 Å². The Hall–Kier alpha value is -3.00. The topological polar surface area (TPSA) is 75.4 Å². The molecule has 0 radical (unpaired) electrons. The molecule has 1 N–H and O–H groups in total. The van der Waals surface area contributed by atoms with Gasteiger partial charge in [0.1, 0.15) is 0 Å². The summed E-state index contributed by atoms with van der Waals surface area (Å²) in [7, 11) is 0. The lowest BCUT2D eigenvalue weighted by Crippen LogP contribution is -2.35. The van der Waals surface area contributed by atoms with Gasteiger partial charge in [-0.25, -0.2) is 9.78 Å². The molecule has 1 fully saturated rings. The van der Waals surface area contributed by atoms with E-state index in [2.05, 4.69) is 20.5 Å². The minimum absolute atomic E-state index is 0.0817. The van der Waals surface area contributed by atoms with E-state index >= 15 is 0 Å². The number of carbonyl (C=O) groups is 1. The third kappa shape index (κ3) is 2.50. The van der Waals surface area contributed by atoms with Crippen LogP contribution in [0.1, 0.15) is 24.7 Å². The molecule has 1 atom stereocenters. The van der Waals surface area contributed by atoms with Crippen molar-refractivity contribution in [3.05, 3.63) is 54.5 Å². The van der Waals surface area contributed by atoms with Crippen LogP contribution in [0.25, 0.3) is 15.9 Å². The van der Waals surface area contributed by atoms with E-state index in [-0.39, 0.29) is 12.1 Å². The number of anilines is 1. The number of rotatable bonds is 2. The number of hydrogen-bond acceptors (Lipinski definition) is 5. The number of thiazole rings is 1. The zero-order valence-electron chi connectivity index (χ0n) is 13.9. The smallest absolute Gasteiger partial charge is 0.314 e. The summed E-state index contributed by atoms with van der Waals surface area (Å²) in [6.07, 6.45) is 3.76. The molecule has 0 spiro atoms. The van der Waals surface area contributed by atoms with Gasteiger partial charge in [-0.1, -0.05) is 29.5 Å². The average Bonchev–Trinajstić information content (AvgIpc) is 3.38. The largest absolute Gasteiger partial charge is 0.324 e. The second-order valence-electron chi connectivity index (χ2n) is 6.26. The van der Waals surface area contributed by atoms with Crippen LogP contribution < -0.4 is 5.32 Å². The van der Waals surface area contributed by atoms with Gasteiger partial charge >= 0.3 is 6.03 Å². The van der Waals surface area contributed by atoms with Crippen LogP contribution in [0.3, 0.4) is 0 Å². The zero-order chi connectivity index (χ0) is 17.5. The van der Waals surface area contributed by atoms with Crippen molar-refractivity contribution >= 4 is 38.4 Å². The summed E-state index contributed by atoms with van der Waals surface area (Å²) in [6, 6.07) is 13.4. The van der Waals surface area contributed by atoms with Crippen LogP contribution in [0.5, 0.6) is 0 Å². The van der Waals surface area contributed by atoms with Gasteiger partial charge in [0, 0.05) is 12.7 Å². The number of fused-ring (bicyclic) bond motifs is 2. The first-order valence-corrected chi connectivity index (χ1v) is 9.34. The maximum absolute atomic E-state index is 12.9. The minimum Gasteiger partial charge on any atom is -0.314 e. The summed E-state index contributed by atoms with van der Waals surface area (Å²) >= 11 is 1.48. The van der Waals surface area contributed by atoms with Crippen LogP contribution in [0, 0.1) is 0 Å². The van der Waals surface area contributed by atoms with Crippen molar-refractivity contribution in [1.29, 1.82) is 0 Å². The van der Waals surface area contributed by atoms with Gasteiger partial charge in [0.05, 0.1) is 16.3 Å². The summed E-state index contributed by atoms with van der Waals surface area (Å²) in [5.74, 6) is 0.803. The third-order valence-electron chi connectivity index (χ3n) is 4.66. The Balaban J connectivity index is 1.42. The van der Waals surface area contributed by atoms with Gasteiger partial charge in [-0.3, -0.25) is 9.72 Å². The van der Waals surface area contributed by atoms with Crippen molar-refractivity contribution < 1.29 is 4.79 Å². The number of benzene rings is 1. The molecule has 8 heteroatoms. The number of aromatic nitrogens is 4. The molecule has 1 aliphatic heterocycles. The van der Waals surface area contributed by atoms with E-state index in [4.69, 9.17) is 0 Å². The lowest BCUT2D eigenvalue weighted by atomic mass is 10.2. The standard InChI is InChI=1S/C18H16N6OS/c25-18(20-17-19-12-6-1-2-8-14(12)26-17)23-11-5-7-13(23)16-22-21-15-9-3-4-10-24(15)16/h1-4,6,8-10,13H,5,7,11H2,(H,19,20,25). The summed E-state index contributed by atoms with van der Waals surface area (Å²) in [5.41, 5.74) is 1.69. The lowest BCUT2D eigenvalue weighted by molar-refractivity contribution is 0.204. The van der Waals surface area contributed by atoms with Gasteiger partial charge < -0.3 is 4.90 Å². The van der Waals surface area contributed by atoms with Crippen LogP contribution in [-0.4, -0.2) is 37.1 Å². The van der Waals surface area contributed by atoms with Crippen LogP contribution in [0.15, 0.2) is 48.7 Å². The van der Waals surface area contributed by atoms with Crippen molar-refractivity contribution in [3.8, 4) is 0 Å². The normalized spacial score (nSPS) is 17.2. The molecule has 4 heterocycles. The fourth-order valence-electron chi connectivity index (χ4n) is 3.45. The van der Waals surface area contributed by atoms with E-state index < -0.39 is 0 Å². The van der Waals surface area contributed by atoms with Gasteiger partial charge in [-0.2, -0.15) is 0 Å². The fourth-order valence-corrected chi connectivity index (χ4v) is 4.31. The van der Waals surface area contributed by atoms with E-state index in [1.165, 1.54) is 11.3 Å². The number of urea groups is 1. The highest BCUT2D eigenvalue weighted by Gasteiger charge is 2.33. The maximum Gasteiger partial charge on any atom is 0.324 e. The Morgan fingerprint density at radius 3 is 2.96 bits per heavy atom. The average molecular weight is 364 g/mol. The van der Waals surface area contributed by atoms with Crippen LogP contribution in [-0.2, 0) is 0 Å². The molecular weight excluding hydrogens is 348 g/mol. The summed E-state index contributed by atoms with van der Waals surface area (Å²) < 4.78 is 3.01. The molecule has 4 aromatic rings. The second kappa shape index (κ2) is 6.06. The first-order valence-electron chi connectivity index (χ1n) is 8.52. The molecule has 0 aliphatic carbocycles. The van der Waals surface area contributed by atoms with Gasteiger partial charge in [-0.15, -0.1) is 10.2 Å². The summed E-state index contributed by atoms with van der Waals surface area (Å²) in [5, 5.41) is 12.1. The molecule has 26 heavy (non-hydrogen) atoms. The van der Waals surface area contributed by atoms with Gasteiger partial charge in [0.2, 0.25) is 0 Å². The van der Waals surface area contributed by atoms with E-state index in [0.29, 0.717) is 11.7 Å². The van der Waals surface area contributed by atoms with Gasteiger partial charge in [0.15, 0.2) is 16.6 Å². The summed E-state index contributed by atoms with van der Waals surface area (Å²) in [6.45, 7) is 0.698. The number of nitrogens with zero attached hydrogens (tertiary/aromatic N) is 5. The number of pyridine rings is 1. The van der Waals surface area contributed by atoms with Crippen molar-refractivity contribution in [1.82, 2.24) is 24.5 Å². The Morgan fingerprint density at radius 2 is 2.04 bits per heavy atom. The number of nitrogens with one attached hydrogen (secondary N) is 1. The molecule has 0 saturated carbocycles. The highest BCUT2D eigenvalue weighted by molar-refractivity contribution is 7.22. The maximum atomic E-state index is 12.9. The quantitative estimate of drug-likeness (QED) is 0.588. The Bertz CT molecular complexity index is 1070. The molecule has 130 valence electrons. The molecule has 0 bridgehead atoms. The van der Waals surface area contributed by atoms with E-state index in [1.807, 2.05) is 58.0 Å². The molecule has 1 aliphatic rings. The zero-order valence-corrected chi connectivity index (χ0v) is 14.7. The van der Waals surface area contributed by atoms with Gasteiger partial charge in [0.25, 0.3) is 0 Å². The molecule has 1 aromatic carbocycles. The van der Waals surface area contributed by atoms with Crippen LogP contribution >= 0.6 is 11.3 Å². The Labute approximate surface area is 153 Å². The number of hydrogen-bond donors (Lipinski definition) is 1. The number of para-hydroxylation sites is 1. The fraction of sp³-hybridized carbons (Fsp3) is 0.222. The predicted molar refractivity (Wildman–Crippen MR) is 100 cm³/mol. The van der Waals surface area contributed by atoms with Crippen molar-refractivity contribution in [2.24, 2.45) is 0 Å². The predicted octanol–water partition coefficient (Wildman–Crippen LogP) is 3.71. The van der Waals surface area contributed by atoms with Crippen molar-refractivity contribution in [3.63, 3.8) is 0 Å². The van der Waals surface area contributed by atoms with Gasteiger partial charge in [-0.05, 0) is 37.1 Å². The first kappa shape index (κ1) is 15.3. The third-order valence-corrected chi connectivity index (χ3v) is 5.61. The Kier molecular flexibility index (Phi) is 3.56. The highest BCUT2D eigenvalue weighted by atomic mass is 32.1. The lowest BCUT2D eigenvalue weighted by Gasteiger charge is -2.23. The molecule has 2 amide bonds.